The molecule has 3 aromatic rings. The number of carbonyl (C=O) groups excluding carboxylic acids is 2. The molecule has 39 heavy (non-hydrogen) atoms. The van der Waals surface area contributed by atoms with Gasteiger partial charge in [0.1, 0.15) is 11.4 Å². The van der Waals surface area contributed by atoms with Gasteiger partial charge in [0, 0.05) is 29.7 Å². The number of aryl methyl sites for hydroxylation is 1. The number of hydrogen-bond donors (Lipinski definition) is 0. The minimum absolute atomic E-state index is 0.227. The van der Waals surface area contributed by atoms with Gasteiger partial charge in [0.2, 0.25) is 0 Å². The van der Waals surface area contributed by atoms with Crippen LogP contribution in [-0.4, -0.2) is 47.9 Å². The number of nitrogens with zero attached hydrogens (tertiary/aromatic N) is 2. The number of fused-ring (bicyclic) bond motifs is 1. The van der Waals surface area contributed by atoms with Gasteiger partial charge in [-0.25, -0.2) is 9.59 Å². The largest absolute Gasteiger partial charge is 0.496 e. The van der Waals surface area contributed by atoms with E-state index in [2.05, 4.69) is 17.0 Å². The van der Waals surface area contributed by atoms with E-state index in [0.29, 0.717) is 12.1 Å². The van der Waals surface area contributed by atoms with Crippen molar-refractivity contribution in [2.75, 3.05) is 20.8 Å². The second kappa shape index (κ2) is 10.7. The minimum atomic E-state index is -0.584. The number of aromatic nitrogens is 1. The zero-order valence-electron chi connectivity index (χ0n) is 24.0. The third-order valence-electron chi connectivity index (χ3n) is 8.16. The van der Waals surface area contributed by atoms with Crippen molar-refractivity contribution in [1.29, 1.82) is 0 Å². The monoisotopic (exact) mass is 532 g/mol. The number of rotatable bonds is 6. The lowest BCUT2D eigenvalue weighted by Crippen LogP contribution is -2.37. The Hall–Kier alpha value is -3.32. The summed E-state index contributed by atoms with van der Waals surface area (Å²) in [7, 11) is 3.11. The maximum Gasteiger partial charge on any atom is 0.419 e. The summed E-state index contributed by atoms with van der Waals surface area (Å²) in [6.45, 7) is 9.31. The molecule has 7 nitrogen and oxygen atoms in total. The van der Waals surface area contributed by atoms with E-state index in [9.17, 15) is 9.59 Å². The summed E-state index contributed by atoms with van der Waals surface area (Å²) < 4.78 is 18.1. The van der Waals surface area contributed by atoms with E-state index in [-0.39, 0.29) is 18.1 Å². The van der Waals surface area contributed by atoms with Gasteiger partial charge >= 0.3 is 12.1 Å². The van der Waals surface area contributed by atoms with Crippen LogP contribution in [0.15, 0.2) is 42.6 Å². The quantitative estimate of drug-likeness (QED) is 0.322. The van der Waals surface area contributed by atoms with Crippen LogP contribution in [0.1, 0.15) is 79.5 Å². The van der Waals surface area contributed by atoms with Crippen molar-refractivity contribution in [3.05, 3.63) is 64.8 Å². The molecule has 1 aliphatic heterocycles. The summed E-state index contributed by atoms with van der Waals surface area (Å²) in [5.41, 5.74) is 4.07. The Morgan fingerprint density at radius 2 is 1.72 bits per heavy atom. The van der Waals surface area contributed by atoms with Crippen LogP contribution < -0.4 is 4.74 Å². The van der Waals surface area contributed by atoms with Crippen molar-refractivity contribution in [3.8, 4) is 5.75 Å². The molecular weight excluding hydrogens is 492 g/mol. The lowest BCUT2D eigenvalue weighted by Gasteiger charge is -2.40. The van der Waals surface area contributed by atoms with Crippen molar-refractivity contribution in [2.45, 2.75) is 71.6 Å². The first-order valence-corrected chi connectivity index (χ1v) is 13.9. The first-order chi connectivity index (χ1) is 18.6. The van der Waals surface area contributed by atoms with Gasteiger partial charge in [0.25, 0.3) is 0 Å². The molecule has 1 saturated heterocycles. The molecule has 0 bridgehead atoms. The van der Waals surface area contributed by atoms with E-state index in [0.717, 1.165) is 52.6 Å². The molecule has 208 valence electrons. The molecule has 1 saturated carbocycles. The fraction of sp³-hybridized carbons (Fsp3) is 0.500. The third kappa shape index (κ3) is 5.69. The average Bonchev–Trinajstić information content (AvgIpc) is 3.66. The van der Waals surface area contributed by atoms with E-state index >= 15 is 0 Å². The summed E-state index contributed by atoms with van der Waals surface area (Å²) in [5, 5.41) is 1.00. The van der Waals surface area contributed by atoms with Crippen LogP contribution in [-0.2, 0) is 16.0 Å². The first kappa shape index (κ1) is 27.3. The first-order valence-electron chi connectivity index (χ1n) is 13.9. The standard InChI is InChI=1S/C32H40N2O5/c1-20-17-28(37-5)26(25-14-16-34(29(20)25)31(36)39-32(2,3)4)19-33-15-13-24(21-7-8-21)18-27(33)22-9-11-23(12-10-22)30(35)38-6/h9-12,14,16-17,21,24,27H,7-8,13,15,18-19H2,1-6H3. The Bertz CT molecular complexity index is 1360. The second-order valence-electron chi connectivity index (χ2n) is 12.0. The summed E-state index contributed by atoms with van der Waals surface area (Å²) in [6, 6.07) is 12.1. The average molecular weight is 533 g/mol. The highest BCUT2D eigenvalue weighted by molar-refractivity contribution is 5.95. The predicted molar refractivity (Wildman–Crippen MR) is 151 cm³/mol. The van der Waals surface area contributed by atoms with Gasteiger partial charge in [-0.2, -0.15) is 0 Å². The molecule has 2 heterocycles. The molecule has 2 fully saturated rings. The maximum absolute atomic E-state index is 13.0. The van der Waals surface area contributed by atoms with Crippen molar-refractivity contribution >= 4 is 23.0 Å². The van der Waals surface area contributed by atoms with Crippen molar-refractivity contribution in [3.63, 3.8) is 0 Å². The van der Waals surface area contributed by atoms with Gasteiger partial charge < -0.3 is 14.2 Å². The van der Waals surface area contributed by atoms with Crippen LogP contribution in [0.5, 0.6) is 5.75 Å². The summed E-state index contributed by atoms with van der Waals surface area (Å²) in [6.07, 6.45) is 6.37. The van der Waals surface area contributed by atoms with E-state index in [1.165, 1.54) is 31.9 Å². The fourth-order valence-electron chi connectivity index (χ4n) is 6.11. The molecule has 5 rings (SSSR count). The topological polar surface area (TPSA) is 70.0 Å². The van der Waals surface area contributed by atoms with Crippen LogP contribution >= 0.6 is 0 Å². The smallest absolute Gasteiger partial charge is 0.419 e. The lowest BCUT2D eigenvalue weighted by molar-refractivity contribution is 0.0542. The molecular formula is C32H40N2O5. The fourth-order valence-corrected chi connectivity index (χ4v) is 6.11. The Kier molecular flexibility index (Phi) is 7.47. The van der Waals surface area contributed by atoms with Crippen LogP contribution in [0.2, 0.25) is 0 Å². The van der Waals surface area contributed by atoms with Gasteiger partial charge in [-0.1, -0.05) is 12.1 Å². The van der Waals surface area contributed by atoms with E-state index < -0.39 is 5.60 Å². The maximum atomic E-state index is 13.0. The number of carbonyl (C=O) groups is 2. The number of piperidine rings is 1. The van der Waals surface area contributed by atoms with Crippen molar-refractivity contribution < 1.29 is 23.8 Å². The molecule has 7 heteroatoms. The SMILES string of the molecule is COC(=O)c1ccc(C2CC(C3CC3)CCN2Cc2c(OC)cc(C)c3c2ccn3C(=O)OC(C)(C)C)cc1. The molecule has 2 atom stereocenters. The van der Waals surface area contributed by atoms with Crippen LogP contribution in [0, 0.1) is 18.8 Å². The molecule has 2 aromatic carbocycles. The molecule has 2 aliphatic rings. The van der Waals surface area contributed by atoms with Crippen LogP contribution in [0.25, 0.3) is 10.9 Å². The number of likely N-dealkylation sites (tertiary alicyclic amines) is 1. The Morgan fingerprint density at radius 1 is 1.00 bits per heavy atom. The highest BCUT2D eigenvalue weighted by Gasteiger charge is 2.38. The summed E-state index contributed by atoms with van der Waals surface area (Å²) in [5.74, 6) is 2.07. The Morgan fingerprint density at radius 3 is 2.33 bits per heavy atom. The van der Waals surface area contributed by atoms with Crippen LogP contribution in [0.3, 0.4) is 0 Å². The van der Waals surface area contributed by atoms with Gasteiger partial charge in [-0.15, -0.1) is 0 Å². The van der Waals surface area contributed by atoms with Gasteiger partial charge in [0.15, 0.2) is 0 Å². The summed E-state index contributed by atoms with van der Waals surface area (Å²) >= 11 is 0. The number of ether oxygens (including phenoxy) is 3. The Balaban J connectivity index is 1.51. The van der Waals surface area contributed by atoms with Crippen LogP contribution in [0.4, 0.5) is 4.79 Å². The zero-order valence-corrected chi connectivity index (χ0v) is 24.0. The van der Waals surface area contributed by atoms with Gasteiger partial charge in [0.05, 0.1) is 25.3 Å². The highest BCUT2D eigenvalue weighted by Crippen LogP contribution is 2.47. The van der Waals surface area contributed by atoms with E-state index in [1.54, 1.807) is 17.9 Å². The molecule has 0 radical (unpaired) electrons. The predicted octanol–water partition coefficient (Wildman–Crippen LogP) is 6.89. The zero-order chi connectivity index (χ0) is 27.9. The number of esters is 1. The molecule has 0 amide bonds. The lowest BCUT2D eigenvalue weighted by atomic mass is 9.83. The molecule has 0 spiro atoms. The third-order valence-corrected chi connectivity index (χ3v) is 8.16. The van der Waals surface area contributed by atoms with Gasteiger partial charge in [-0.3, -0.25) is 9.47 Å². The molecule has 2 unspecified atom stereocenters. The normalized spacial score (nSPS) is 20.2. The van der Waals surface area contributed by atoms with Crippen molar-refractivity contribution in [1.82, 2.24) is 9.47 Å². The van der Waals surface area contributed by atoms with Crippen molar-refractivity contribution in [2.24, 2.45) is 11.8 Å². The highest BCUT2D eigenvalue weighted by atomic mass is 16.6. The van der Waals surface area contributed by atoms with E-state index in [1.807, 2.05) is 52.0 Å². The number of methoxy groups -OCH3 is 2. The minimum Gasteiger partial charge on any atom is -0.496 e. The molecule has 1 aliphatic carbocycles. The van der Waals surface area contributed by atoms with Gasteiger partial charge in [-0.05, 0) is 107 Å². The molecule has 1 aromatic heterocycles. The van der Waals surface area contributed by atoms with E-state index in [4.69, 9.17) is 14.2 Å². The second-order valence-corrected chi connectivity index (χ2v) is 12.0. The number of hydrogen-bond acceptors (Lipinski definition) is 6. The summed E-state index contributed by atoms with van der Waals surface area (Å²) in [4.78, 5) is 27.6. The Labute approximate surface area is 231 Å². The molecule has 0 N–H and O–H groups in total. The number of benzene rings is 2.